The molecular formula is C14H20N2O4. The van der Waals surface area contributed by atoms with Crippen molar-refractivity contribution in [3.8, 4) is 0 Å². The lowest BCUT2D eigenvalue weighted by atomic mass is 10.2. The van der Waals surface area contributed by atoms with E-state index >= 15 is 0 Å². The number of carbonyl (C=O) groups is 2. The molecule has 0 radical (unpaired) electrons. The molecule has 0 saturated heterocycles. The second kappa shape index (κ2) is 5.98. The van der Waals surface area contributed by atoms with Crippen molar-refractivity contribution in [2.45, 2.75) is 26.3 Å². The first-order chi connectivity index (χ1) is 9.47. The zero-order valence-corrected chi connectivity index (χ0v) is 11.8. The third-order valence-corrected chi connectivity index (χ3v) is 3.47. The Bertz CT molecular complexity index is 493. The standard InChI is InChI=1S/C14H20N2O4/c1-10-12(5-6-20-10)8-15(2)14(19)16(9-13(17)18)7-11-3-4-11/h5-6,11H,3-4,7-9H2,1-2H3,(H,17,18). The van der Waals surface area contributed by atoms with Gasteiger partial charge in [-0.2, -0.15) is 0 Å². The van der Waals surface area contributed by atoms with Gasteiger partial charge in [-0.15, -0.1) is 0 Å². The summed E-state index contributed by atoms with van der Waals surface area (Å²) in [5.41, 5.74) is 0.933. The van der Waals surface area contributed by atoms with Gasteiger partial charge >= 0.3 is 12.0 Å². The molecular weight excluding hydrogens is 260 g/mol. The highest BCUT2D eigenvalue weighted by molar-refractivity contribution is 5.80. The average Bonchev–Trinajstić information content (AvgIpc) is 3.11. The van der Waals surface area contributed by atoms with E-state index in [0.29, 0.717) is 19.0 Å². The predicted octanol–water partition coefficient (Wildman–Crippen LogP) is 1.94. The zero-order valence-electron chi connectivity index (χ0n) is 11.8. The van der Waals surface area contributed by atoms with E-state index in [9.17, 15) is 9.59 Å². The molecule has 1 saturated carbocycles. The minimum absolute atomic E-state index is 0.246. The van der Waals surface area contributed by atoms with Crippen LogP contribution >= 0.6 is 0 Å². The average molecular weight is 280 g/mol. The maximum atomic E-state index is 12.3. The molecule has 110 valence electrons. The van der Waals surface area contributed by atoms with Gasteiger partial charge in [-0.25, -0.2) is 4.79 Å². The summed E-state index contributed by atoms with van der Waals surface area (Å²) in [6.07, 6.45) is 3.74. The second-order valence-electron chi connectivity index (χ2n) is 5.36. The summed E-state index contributed by atoms with van der Waals surface area (Å²) in [6.45, 7) is 2.54. The van der Waals surface area contributed by atoms with E-state index in [2.05, 4.69) is 0 Å². The summed E-state index contributed by atoms with van der Waals surface area (Å²) in [7, 11) is 1.68. The number of urea groups is 1. The molecule has 0 aliphatic heterocycles. The number of carbonyl (C=O) groups excluding carboxylic acids is 1. The van der Waals surface area contributed by atoms with Gasteiger partial charge in [0.2, 0.25) is 0 Å². The number of nitrogens with zero attached hydrogens (tertiary/aromatic N) is 2. The quantitative estimate of drug-likeness (QED) is 0.864. The Balaban J connectivity index is 1.97. The Morgan fingerprint density at radius 2 is 2.15 bits per heavy atom. The minimum Gasteiger partial charge on any atom is -0.480 e. The minimum atomic E-state index is -0.980. The molecule has 1 fully saturated rings. The molecule has 1 aromatic rings. The van der Waals surface area contributed by atoms with Crippen LogP contribution in [-0.4, -0.2) is 47.0 Å². The van der Waals surface area contributed by atoms with E-state index < -0.39 is 5.97 Å². The van der Waals surface area contributed by atoms with Crippen LogP contribution in [0, 0.1) is 12.8 Å². The highest BCUT2D eigenvalue weighted by Crippen LogP contribution is 2.30. The number of rotatable bonds is 6. The number of carboxylic acids is 1. The first-order valence-electron chi connectivity index (χ1n) is 6.72. The Labute approximate surface area is 118 Å². The van der Waals surface area contributed by atoms with E-state index in [4.69, 9.17) is 9.52 Å². The first kappa shape index (κ1) is 14.4. The van der Waals surface area contributed by atoms with E-state index in [-0.39, 0.29) is 12.6 Å². The topological polar surface area (TPSA) is 74.0 Å². The van der Waals surface area contributed by atoms with Crippen molar-refractivity contribution < 1.29 is 19.1 Å². The van der Waals surface area contributed by atoms with Crippen LogP contribution in [0.4, 0.5) is 4.79 Å². The molecule has 2 rings (SSSR count). The number of aryl methyl sites for hydroxylation is 1. The van der Waals surface area contributed by atoms with Crippen LogP contribution in [0.15, 0.2) is 16.7 Å². The Hall–Kier alpha value is -1.98. The molecule has 0 aromatic carbocycles. The lowest BCUT2D eigenvalue weighted by Gasteiger charge is -2.27. The van der Waals surface area contributed by atoms with Crippen molar-refractivity contribution in [2.24, 2.45) is 5.92 Å². The Morgan fingerprint density at radius 3 is 2.65 bits per heavy atom. The molecule has 0 atom stereocenters. The van der Waals surface area contributed by atoms with Gasteiger partial charge < -0.3 is 19.3 Å². The summed E-state index contributed by atoms with van der Waals surface area (Å²) < 4.78 is 5.20. The maximum Gasteiger partial charge on any atom is 0.323 e. The van der Waals surface area contributed by atoms with Crippen LogP contribution in [0.5, 0.6) is 0 Å². The third-order valence-electron chi connectivity index (χ3n) is 3.47. The van der Waals surface area contributed by atoms with Gasteiger partial charge in [0, 0.05) is 19.2 Å². The second-order valence-corrected chi connectivity index (χ2v) is 5.36. The molecule has 6 nitrogen and oxygen atoms in total. The van der Waals surface area contributed by atoms with Crippen LogP contribution in [0.2, 0.25) is 0 Å². The molecule has 1 aromatic heterocycles. The molecule has 1 heterocycles. The van der Waals surface area contributed by atoms with Crippen LogP contribution in [0.3, 0.4) is 0 Å². The summed E-state index contributed by atoms with van der Waals surface area (Å²) in [4.78, 5) is 26.2. The highest BCUT2D eigenvalue weighted by atomic mass is 16.4. The van der Waals surface area contributed by atoms with Gasteiger partial charge in [-0.05, 0) is 31.7 Å². The summed E-state index contributed by atoms with van der Waals surface area (Å²) in [5, 5.41) is 8.92. The van der Waals surface area contributed by atoms with Crippen LogP contribution in [-0.2, 0) is 11.3 Å². The lowest BCUT2D eigenvalue weighted by molar-refractivity contribution is -0.137. The van der Waals surface area contributed by atoms with E-state index in [1.54, 1.807) is 13.3 Å². The normalized spacial score (nSPS) is 14.1. The fourth-order valence-corrected chi connectivity index (χ4v) is 2.13. The molecule has 1 N–H and O–H groups in total. The predicted molar refractivity (Wildman–Crippen MR) is 72.2 cm³/mol. The fraction of sp³-hybridized carbons (Fsp3) is 0.571. The van der Waals surface area contributed by atoms with Crippen LogP contribution in [0.25, 0.3) is 0 Å². The maximum absolute atomic E-state index is 12.3. The van der Waals surface area contributed by atoms with Crippen molar-refractivity contribution in [1.82, 2.24) is 9.80 Å². The molecule has 1 aliphatic carbocycles. The number of hydrogen-bond donors (Lipinski definition) is 1. The number of aliphatic carboxylic acids is 1. The molecule has 20 heavy (non-hydrogen) atoms. The molecule has 6 heteroatoms. The van der Waals surface area contributed by atoms with Gasteiger partial charge in [0.15, 0.2) is 0 Å². The molecule has 0 bridgehead atoms. The van der Waals surface area contributed by atoms with Crippen LogP contribution in [0.1, 0.15) is 24.2 Å². The number of carboxylic acid groups (broad SMARTS) is 1. The fourth-order valence-electron chi connectivity index (χ4n) is 2.13. The van der Waals surface area contributed by atoms with Crippen molar-refractivity contribution >= 4 is 12.0 Å². The first-order valence-corrected chi connectivity index (χ1v) is 6.72. The van der Waals surface area contributed by atoms with E-state index in [0.717, 1.165) is 24.2 Å². The SMILES string of the molecule is Cc1occc1CN(C)C(=O)N(CC(=O)O)CC1CC1. The number of furan rings is 1. The molecule has 0 unspecified atom stereocenters. The monoisotopic (exact) mass is 280 g/mol. The smallest absolute Gasteiger partial charge is 0.323 e. The molecule has 0 spiro atoms. The molecule has 2 amide bonds. The van der Waals surface area contributed by atoms with Gasteiger partial charge in [-0.1, -0.05) is 0 Å². The summed E-state index contributed by atoms with van der Waals surface area (Å²) >= 11 is 0. The van der Waals surface area contributed by atoms with Crippen molar-refractivity contribution in [2.75, 3.05) is 20.1 Å². The third kappa shape index (κ3) is 3.76. The number of hydrogen-bond acceptors (Lipinski definition) is 3. The van der Waals surface area contributed by atoms with Gasteiger partial charge in [0.1, 0.15) is 12.3 Å². The van der Waals surface area contributed by atoms with Gasteiger partial charge in [-0.3, -0.25) is 4.79 Å². The van der Waals surface area contributed by atoms with Crippen molar-refractivity contribution in [3.05, 3.63) is 23.7 Å². The Morgan fingerprint density at radius 1 is 1.45 bits per heavy atom. The van der Waals surface area contributed by atoms with Crippen molar-refractivity contribution in [1.29, 1.82) is 0 Å². The molecule has 1 aliphatic rings. The van der Waals surface area contributed by atoms with Gasteiger partial charge in [0.25, 0.3) is 0 Å². The highest BCUT2D eigenvalue weighted by Gasteiger charge is 2.29. The summed E-state index contributed by atoms with van der Waals surface area (Å²) in [5.74, 6) is 0.255. The van der Waals surface area contributed by atoms with Gasteiger partial charge in [0.05, 0.1) is 12.8 Å². The van der Waals surface area contributed by atoms with E-state index in [1.165, 1.54) is 9.80 Å². The Kier molecular flexibility index (Phi) is 4.32. The van der Waals surface area contributed by atoms with Crippen molar-refractivity contribution in [3.63, 3.8) is 0 Å². The lowest BCUT2D eigenvalue weighted by Crippen LogP contribution is -2.44. The summed E-state index contributed by atoms with van der Waals surface area (Å²) in [6, 6.07) is 1.57. The largest absolute Gasteiger partial charge is 0.480 e. The van der Waals surface area contributed by atoms with E-state index in [1.807, 2.05) is 13.0 Å². The zero-order chi connectivity index (χ0) is 14.7. The van der Waals surface area contributed by atoms with Crippen LogP contribution < -0.4 is 0 Å². The number of amides is 2.